The van der Waals surface area contributed by atoms with E-state index in [1.807, 2.05) is 0 Å². The zero-order valence-corrected chi connectivity index (χ0v) is 26.4. The van der Waals surface area contributed by atoms with Crippen LogP contribution in [0.5, 0.6) is 0 Å². The van der Waals surface area contributed by atoms with Crippen LogP contribution in [0.2, 0.25) is 0 Å². The minimum Gasteiger partial charge on any atom is -0.347 e. The van der Waals surface area contributed by atoms with Gasteiger partial charge in [-0.2, -0.15) is 4.58 Å². The molecule has 0 bridgehead atoms. The predicted octanol–water partition coefficient (Wildman–Crippen LogP) is 4.06. The smallest absolute Gasteiger partial charge is 0.210 e. The summed E-state index contributed by atoms with van der Waals surface area (Å²) in [5.41, 5.74) is 9.17. The van der Waals surface area contributed by atoms with Crippen LogP contribution in [0.1, 0.15) is 45.7 Å². The molecule has 2 heterocycles. The van der Waals surface area contributed by atoms with Crippen LogP contribution in [0.3, 0.4) is 0 Å². The Morgan fingerprint density at radius 3 is 1.91 bits per heavy atom. The van der Waals surface area contributed by atoms with Crippen molar-refractivity contribution in [3.05, 3.63) is 119 Å². The predicted molar refractivity (Wildman–Crippen MR) is 164 cm³/mol. The molecule has 4 aromatic carbocycles. The van der Waals surface area contributed by atoms with E-state index in [1.165, 1.54) is 61.0 Å². The number of allylic oxidation sites excluding steroid dienone is 6. The van der Waals surface area contributed by atoms with Gasteiger partial charge < -0.3 is 4.90 Å². The fraction of sp³-hybridized carbons (Fsp3) is 0.250. The third-order valence-electron chi connectivity index (χ3n) is 8.80. The summed E-state index contributed by atoms with van der Waals surface area (Å²) in [5, 5.41) is 5.30. The van der Waals surface area contributed by atoms with E-state index in [-0.39, 0.29) is 10.8 Å². The van der Waals surface area contributed by atoms with Gasteiger partial charge in [-0.15, -0.1) is 10.2 Å². The molecular weight excluding hydrogens is 560 g/mol. The summed E-state index contributed by atoms with van der Waals surface area (Å²) in [6.45, 7) is 11.6. The van der Waals surface area contributed by atoms with E-state index in [0.717, 1.165) is 0 Å². The highest BCUT2D eigenvalue weighted by Crippen LogP contribution is 2.50. The number of rotatable bonds is 3. The van der Waals surface area contributed by atoms with Crippen molar-refractivity contribution in [3.63, 3.8) is 0 Å². The van der Waals surface area contributed by atoms with Crippen LogP contribution in [0.25, 0.3) is 21.5 Å². The lowest BCUT2D eigenvalue weighted by Crippen LogP contribution is -2.68. The normalized spacial score (nSPS) is 18.4. The number of nitrogens with zero attached hydrogens (tertiary/aromatic N) is 2. The highest BCUT2D eigenvalue weighted by Gasteiger charge is 2.44. The summed E-state index contributed by atoms with van der Waals surface area (Å²) in [7, 11) is -0.554. The van der Waals surface area contributed by atoms with Crippen molar-refractivity contribution in [2.75, 3.05) is 19.0 Å². The summed E-state index contributed by atoms with van der Waals surface area (Å²) < 4.78 is 36.3. The maximum absolute atomic E-state index is 8.49. The number of likely N-dealkylation sites (N-methyl/N-ethyl adjacent to an activating group) is 1. The number of anilines is 1. The summed E-state index contributed by atoms with van der Waals surface area (Å²) in [6, 6.07) is 26.5. The van der Waals surface area contributed by atoms with Gasteiger partial charge in [0.2, 0.25) is 5.69 Å². The van der Waals surface area contributed by atoms with Crippen molar-refractivity contribution in [1.82, 2.24) is 0 Å². The molecule has 0 amide bonds. The first kappa shape index (κ1) is 30.7. The molecule has 0 atom stereocenters. The summed E-state index contributed by atoms with van der Waals surface area (Å²) in [5.74, 6) is 0. The second kappa shape index (κ2) is 11.1. The van der Waals surface area contributed by atoms with Gasteiger partial charge >= 0.3 is 0 Å². The van der Waals surface area contributed by atoms with Crippen LogP contribution < -0.4 is 23.5 Å². The molecule has 222 valence electrons. The molecule has 0 aromatic heterocycles. The lowest BCUT2D eigenvalue weighted by molar-refractivity contribution is -2.00. The summed E-state index contributed by atoms with van der Waals surface area (Å²) >= 11 is 0. The molecular formula is C36H37ClN2O4. The maximum Gasteiger partial charge on any atom is 0.210 e. The van der Waals surface area contributed by atoms with E-state index in [9.17, 15) is 0 Å². The van der Waals surface area contributed by atoms with E-state index in [0.29, 0.717) is 0 Å². The van der Waals surface area contributed by atoms with Gasteiger partial charge in [-0.25, -0.2) is 18.6 Å². The zero-order valence-electron chi connectivity index (χ0n) is 25.6. The van der Waals surface area contributed by atoms with Crippen LogP contribution in [-0.4, -0.2) is 24.4 Å². The maximum atomic E-state index is 8.49. The minimum absolute atomic E-state index is 0.0729. The van der Waals surface area contributed by atoms with Crippen LogP contribution in [0.15, 0.2) is 108 Å². The first-order valence-electron chi connectivity index (χ1n) is 14.2. The van der Waals surface area contributed by atoms with Gasteiger partial charge in [-0.1, -0.05) is 86.2 Å². The summed E-state index contributed by atoms with van der Waals surface area (Å²) in [6.07, 6.45) is 9.15. The van der Waals surface area contributed by atoms with Crippen LogP contribution >= 0.6 is 0 Å². The second-order valence-corrected chi connectivity index (χ2v) is 13.0. The lowest BCUT2D eigenvalue weighted by atomic mass is 9.79. The number of benzene rings is 4. The van der Waals surface area contributed by atoms with Gasteiger partial charge in [0.1, 0.15) is 7.05 Å². The SMILES string of the molecule is CC(C=CC1=[N+](C)c2ccc3ccccc3c2C1(C)C)=CC=C1N(C)c2ccc3ccccc3c2C1(C)C.[O-][Cl+3]([O-])([O-])[O-]. The highest BCUT2D eigenvalue weighted by molar-refractivity contribution is 6.07. The van der Waals surface area contributed by atoms with E-state index in [2.05, 4.69) is 155 Å². The fourth-order valence-corrected chi connectivity index (χ4v) is 6.86. The van der Waals surface area contributed by atoms with Crippen molar-refractivity contribution < 1.29 is 33.5 Å². The van der Waals surface area contributed by atoms with Crippen molar-refractivity contribution in [1.29, 1.82) is 0 Å². The standard InChI is InChI=1S/C36H37N2.ClHO4/c1-24(16-22-31-35(2,3)33-27-14-10-8-12-25(27)18-20-29(33)37(31)6)17-23-32-36(4,5)34-28-15-11-9-13-26(28)19-21-30(34)38(32)7;2-1(3,4)5/h8-23H,1-7H3;(H,2,3,4,5)/q+1;/p-1. The Morgan fingerprint density at radius 1 is 0.767 bits per heavy atom. The van der Waals surface area contributed by atoms with Gasteiger partial charge in [0, 0.05) is 41.6 Å². The Morgan fingerprint density at radius 2 is 1.30 bits per heavy atom. The van der Waals surface area contributed by atoms with Gasteiger partial charge in [0.15, 0.2) is 5.71 Å². The molecule has 6 rings (SSSR count). The monoisotopic (exact) mass is 596 g/mol. The first-order valence-corrected chi connectivity index (χ1v) is 15.4. The number of fused-ring (bicyclic) bond motifs is 6. The third-order valence-corrected chi connectivity index (χ3v) is 8.80. The van der Waals surface area contributed by atoms with E-state index < -0.39 is 10.2 Å². The molecule has 0 saturated heterocycles. The molecule has 0 saturated carbocycles. The second-order valence-electron chi connectivity index (χ2n) is 12.3. The molecule has 0 radical (unpaired) electrons. The molecule has 0 spiro atoms. The van der Waals surface area contributed by atoms with Crippen molar-refractivity contribution in [3.8, 4) is 0 Å². The van der Waals surface area contributed by atoms with E-state index in [4.69, 9.17) is 18.6 Å². The molecule has 0 fully saturated rings. The molecule has 0 unspecified atom stereocenters. The average molecular weight is 597 g/mol. The van der Waals surface area contributed by atoms with Gasteiger partial charge in [-0.05, 0) is 66.1 Å². The third kappa shape index (κ3) is 5.65. The minimum atomic E-state index is -4.94. The van der Waals surface area contributed by atoms with Gasteiger partial charge in [-0.3, -0.25) is 0 Å². The average Bonchev–Trinajstić information content (AvgIpc) is 3.26. The number of halogens is 1. The molecule has 2 aliphatic rings. The lowest BCUT2D eigenvalue weighted by Gasteiger charge is -2.24. The zero-order chi connectivity index (χ0) is 31.3. The van der Waals surface area contributed by atoms with Crippen molar-refractivity contribution in [2.24, 2.45) is 0 Å². The molecule has 6 nitrogen and oxygen atoms in total. The van der Waals surface area contributed by atoms with Crippen LogP contribution in [0, 0.1) is 10.2 Å². The first-order chi connectivity index (χ1) is 20.1. The quantitative estimate of drug-likeness (QED) is 0.262. The largest absolute Gasteiger partial charge is 0.347 e. The van der Waals surface area contributed by atoms with E-state index >= 15 is 0 Å². The highest BCUT2D eigenvalue weighted by atomic mass is 35.7. The van der Waals surface area contributed by atoms with Crippen molar-refractivity contribution in [2.45, 2.75) is 45.4 Å². The van der Waals surface area contributed by atoms with Gasteiger partial charge in [0.05, 0.1) is 5.41 Å². The molecule has 43 heavy (non-hydrogen) atoms. The molecule has 7 heteroatoms. The Kier molecular flexibility index (Phi) is 7.88. The Labute approximate surface area is 255 Å². The van der Waals surface area contributed by atoms with Gasteiger partial charge in [0.25, 0.3) is 0 Å². The number of hydrogen-bond donors (Lipinski definition) is 0. The summed E-state index contributed by atoms with van der Waals surface area (Å²) in [4.78, 5) is 2.36. The fourth-order valence-electron chi connectivity index (χ4n) is 6.86. The van der Waals surface area contributed by atoms with Crippen molar-refractivity contribution >= 4 is 38.6 Å². The van der Waals surface area contributed by atoms with Crippen LogP contribution in [-0.2, 0) is 10.8 Å². The Balaban J connectivity index is 0.000000682. The molecule has 2 aliphatic heterocycles. The topological polar surface area (TPSA) is 98.5 Å². The van der Waals surface area contributed by atoms with Crippen LogP contribution in [0.4, 0.5) is 11.4 Å². The molecule has 0 aliphatic carbocycles. The molecule has 0 N–H and O–H groups in total. The Bertz CT molecular complexity index is 1850. The Hall–Kier alpha value is -3.78. The van der Waals surface area contributed by atoms with E-state index in [1.54, 1.807) is 0 Å². The molecule has 4 aromatic rings. The number of hydrogen-bond acceptors (Lipinski definition) is 5.